The lowest BCUT2D eigenvalue weighted by atomic mass is 10.1. The minimum atomic E-state index is -0.0516. The molecule has 1 aromatic carbocycles. The third-order valence-electron chi connectivity index (χ3n) is 4.18. The Morgan fingerprint density at radius 3 is 2.95 bits per heavy atom. The maximum Gasteiger partial charge on any atom is 0.277 e. The predicted molar refractivity (Wildman–Crippen MR) is 84.1 cm³/mol. The molecular formula is C17H16N4O. The van der Waals surface area contributed by atoms with E-state index in [1.54, 1.807) is 16.8 Å². The van der Waals surface area contributed by atoms with Crippen molar-refractivity contribution in [2.24, 2.45) is 0 Å². The van der Waals surface area contributed by atoms with Gasteiger partial charge in [-0.15, -0.1) is 0 Å². The fraction of sp³-hybridized carbons (Fsp3) is 0.235. The number of rotatable bonds is 1. The van der Waals surface area contributed by atoms with Gasteiger partial charge in [-0.3, -0.25) is 4.79 Å². The lowest BCUT2D eigenvalue weighted by Crippen LogP contribution is -2.36. The maximum atomic E-state index is 13.0. The molecule has 0 spiro atoms. The van der Waals surface area contributed by atoms with Crippen LogP contribution in [0.1, 0.15) is 28.7 Å². The Balaban J connectivity index is 1.80. The van der Waals surface area contributed by atoms with Crippen molar-refractivity contribution in [3.63, 3.8) is 0 Å². The van der Waals surface area contributed by atoms with Gasteiger partial charge in [-0.2, -0.15) is 5.10 Å². The van der Waals surface area contributed by atoms with E-state index in [9.17, 15) is 4.79 Å². The van der Waals surface area contributed by atoms with E-state index in [2.05, 4.69) is 23.1 Å². The van der Waals surface area contributed by atoms with E-state index in [1.165, 1.54) is 5.56 Å². The van der Waals surface area contributed by atoms with Crippen LogP contribution in [0.3, 0.4) is 0 Å². The molecule has 0 bridgehead atoms. The van der Waals surface area contributed by atoms with Gasteiger partial charge in [0.15, 0.2) is 5.65 Å². The molecule has 5 nitrogen and oxygen atoms in total. The van der Waals surface area contributed by atoms with Gasteiger partial charge in [0.2, 0.25) is 0 Å². The Labute approximate surface area is 128 Å². The first kappa shape index (κ1) is 13.0. The summed E-state index contributed by atoms with van der Waals surface area (Å²) in [5.74, 6) is -0.0516. The Morgan fingerprint density at radius 1 is 1.27 bits per heavy atom. The second kappa shape index (κ2) is 4.66. The number of benzene rings is 1. The monoisotopic (exact) mass is 292 g/mol. The van der Waals surface area contributed by atoms with E-state index in [-0.39, 0.29) is 11.9 Å². The number of fused-ring (bicyclic) bond motifs is 2. The highest BCUT2D eigenvalue weighted by atomic mass is 16.2. The molecule has 110 valence electrons. The summed E-state index contributed by atoms with van der Waals surface area (Å²) in [6.07, 6.45) is 2.58. The first-order valence-corrected chi connectivity index (χ1v) is 7.38. The summed E-state index contributed by atoms with van der Waals surface area (Å²) in [6, 6.07) is 11.8. The molecule has 0 aliphatic carbocycles. The molecule has 1 unspecified atom stereocenters. The summed E-state index contributed by atoms with van der Waals surface area (Å²) >= 11 is 0. The molecule has 5 heteroatoms. The number of carbonyl (C=O) groups is 1. The molecule has 1 atom stereocenters. The average molecular weight is 292 g/mol. The maximum absolute atomic E-state index is 13.0. The van der Waals surface area contributed by atoms with E-state index >= 15 is 0 Å². The van der Waals surface area contributed by atoms with E-state index in [0.717, 1.165) is 17.8 Å². The van der Waals surface area contributed by atoms with Gasteiger partial charge in [0.25, 0.3) is 5.91 Å². The minimum absolute atomic E-state index is 0.0516. The van der Waals surface area contributed by atoms with E-state index in [1.807, 2.05) is 36.1 Å². The number of nitrogens with zero attached hydrogens (tertiary/aromatic N) is 4. The summed E-state index contributed by atoms with van der Waals surface area (Å²) in [5, 5.41) is 4.20. The molecule has 0 N–H and O–H groups in total. The van der Waals surface area contributed by atoms with Crippen molar-refractivity contribution in [2.45, 2.75) is 26.3 Å². The van der Waals surface area contributed by atoms with Crippen LogP contribution in [-0.2, 0) is 6.42 Å². The first-order valence-electron chi connectivity index (χ1n) is 7.38. The molecular weight excluding hydrogens is 276 g/mol. The molecule has 1 aliphatic heterocycles. The summed E-state index contributed by atoms with van der Waals surface area (Å²) in [5.41, 5.74) is 4.27. The fourth-order valence-electron chi connectivity index (χ4n) is 3.18. The van der Waals surface area contributed by atoms with E-state index < -0.39 is 0 Å². The van der Waals surface area contributed by atoms with Gasteiger partial charge in [0.1, 0.15) is 5.69 Å². The Morgan fingerprint density at radius 2 is 2.09 bits per heavy atom. The fourth-order valence-corrected chi connectivity index (χ4v) is 3.18. The van der Waals surface area contributed by atoms with Crippen LogP contribution in [0.4, 0.5) is 5.69 Å². The van der Waals surface area contributed by atoms with Crippen molar-refractivity contribution in [3.05, 3.63) is 59.5 Å². The molecule has 22 heavy (non-hydrogen) atoms. The number of amides is 1. The Bertz CT molecular complexity index is 883. The molecule has 1 amide bonds. The van der Waals surface area contributed by atoms with Crippen LogP contribution in [0.5, 0.6) is 0 Å². The van der Waals surface area contributed by atoms with Crippen molar-refractivity contribution >= 4 is 17.2 Å². The van der Waals surface area contributed by atoms with E-state index in [0.29, 0.717) is 11.3 Å². The Kier molecular flexibility index (Phi) is 2.76. The largest absolute Gasteiger partial charge is 0.304 e. The summed E-state index contributed by atoms with van der Waals surface area (Å²) in [7, 11) is 0. The molecule has 3 aromatic rings. The molecule has 0 fully saturated rings. The zero-order valence-corrected chi connectivity index (χ0v) is 12.5. The van der Waals surface area contributed by atoms with Gasteiger partial charge in [0.05, 0.1) is 6.20 Å². The third kappa shape index (κ3) is 1.82. The van der Waals surface area contributed by atoms with Crippen molar-refractivity contribution < 1.29 is 4.79 Å². The summed E-state index contributed by atoms with van der Waals surface area (Å²) in [4.78, 5) is 19.3. The lowest BCUT2D eigenvalue weighted by Gasteiger charge is -2.22. The normalized spacial score (nSPS) is 17.0. The molecule has 4 rings (SSSR count). The zero-order valence-electron chi connectivity index (χ0n) is 12.5. The van der Waals surface area contributed by atoms with Crippen LogP contribution in [0.2, 0.25) is 0 Å². The quantitative estimate of drug-likeness (QED) is 0.693. The SMILES string of the molecule is Cc1cc(C(=O)N2c3ccccc3CC2C)nc2ccnn12. The molecule has 0 saturated carbocycles. The number of hydrogen-bond acceptors (Lipinski definition) is 3. The minimum Gasteiger partial charge on any atom is -0.304 e. The smallest absolute Gasteiger partial charge is 0.277 e. The zero-order chi connectivity index (χ0) is 15.3. The molecule has 3 heterocycles. The van der Waals surface area contributed by atoms with Crippen LogP contribution in [0, 0.1) is 6.92 Å². The first-order chi connectivity index (χ1) is 10.6. The third-order valence-corrected chi connectivity index (χ3v) is 4.18. The number of aryl methyl sites for hydroxylation is 1. The highest BCUT2D eigenvalue weighted by Gasteiger charge is 2.32. The van der Waals surface area contributed by atoms with Crippen molar-refractivity contribution in [2.75, 3.05) is 4.90 Å². The second-order valence-electron chi connectivity index (χ2n) is 5.74. The van der Waals surface area contributed by atoms with Crippen LogP contribution in [0.15, 0.2) is 42.6 Å². The van der Waals surface area contributed by atoms with Crippen molar-refractivity contribution in [1.29, 1.82) is 0 Å². The van der Waals surface area contributed by atoms with Crippen LogP contribution in [0.25, 0.3) is 5.65 Å². The highest BCUT2D eigenvalue weighted by molar-refractivity contribution is 6.06. The van der Waals surface area contributed by atoms with Crippen molar-refractivity contribution in [1.82, 2.24) is 14.6 Å². The highest BCUT2D eigenvalue weighted by Crippen LogP contribution is 2.32. The van der Waals surface area contributed by atoms with Gasteiger partial charge < -0.3 is 4.90 Å². The Hall–Kier alpha value is -2.69. The number of para-hydroxylation sites is 1. The standard InChI is InChI=1S/C17H16N4O/c1-11-9-13-5-3-4-6-15(13)20(11)17(22)14-10-12(2)21-16(19-14)7-8-18-21/h3-8,10-11H,9H2,1-2H3. The lowest BCUT2D eigenvalue weighted by molar-refractivity contribution is 0.0976. The summed E-state index contributed by atoms with van der Waals surface area (Å²) in [6.45, 7) is 4.00. The molecule has 0 saturated heterocycles. The second-order valence-corrected chi connectivity index (χ2v) is 5.74. The average Bonchev–Trinajstić information content (AvgIpc) is 3.09. The molecule has 1 aliphatic rings. The number of hydrogen-bond donors (Lipinski definition) is 0. The number of anilines is 1. The number of carbonyl (C=O) groups excluding carboxylic acids is 1. The molecule has 0 radical (unpaired) electrons. The van der Waals surface area contributed by atoms with Crippen molar-refractivity contribution in [3.8, 4) is 0 Å². The van der Waals surface area contributed by atoms with Crippen LogP contribution < -0.4 is 4.90 Å². The van der Waals surface area contributed by atoms with Gasteiger partial charge in [-0.05, 0) is 38.0 Å². The van der Waals surface area contributed by atoms with Crippen LogP contribution >= 0.6 is 0 Å². The van der Waals surface area contributed by atoms with Crippen LogP contribution in [-0.4, -0.2) is 26.5 Å². The molecule has 2 aromatic heterocycles. The van der Waals surface area contributed by atoms with Gasteiger partial charge >= 0.3 is 0 Å². The van der Waals surface area contributed by atoms with Gasteiger partial charge in [-0.25, -0.2) is 9.50 Å². The topological polar surface area (TPSA) is 50.5 Å². The van der Waals surface area contributed by atoms with Gasteiger partial charge in [-0.1, -0.05) is 18.2 Å². The number of aromatic nitrogens is 3. The summed E-state index contributed by atoms with van der Waals surface area (Å²) < 4.78 is 1.73. The van der Waals surface area contributed by atoms with Gasteiger partial charge in [0, 0.05) is 23.5 Å². The van der Waals surface area contributed by atoms with E-state index in [4.69, 9.17) is 0 Å². The predicted octanol–water partition coefficient (Wildman–Crippen LogP) is 2.63.